The fourth-order valence-corrected chi connectivity index (χ4v) is 2.81. The van der Waals surface area contributed by atoms with Gasteiger partial charge in [-0.25, -0.2) is 4.98 Å². The van der Waals surface area contributed by atoms with Gasteiger partial charge in [-0.2, -0.15) is 0 Å². The van der Waals surface area contributed by atoms with Gasteiger partial charge in [0.1, 0.15) is 5.82 Å². The van der Waals surface area contributed by atoms with Crippen LogP contribution < -0.4 is 16.4 Å². The van der Waals surface area contributed by atoms with Crippen LogP contribution >= 0.6 is 0 Å². The molecule has 2 aromatic rings. The number of nitrogens with one attached hydrogen (secondary N) is 2. The molecule has 1 amide bonds. The number of rotatable bonds is 2. The Balaban J connectivity index is 1.85. The van der Waals surface area contributed by atoms with Gasteiger partial charge in [-0.1, -0.05) is 19.9 Å². The minimum Gasteiger partial charge on any atom is -0.385 e. The number of hydrogen-bond donors (Lipinski definition) is 3. The maximum Gasteiger partial charge on any atom is 0.259 e. The number of pyridine rings is 1. The molecule has 5 heteroatoms. The average molecular weight is 296 g/mol. The molecule has 1 aliphatic heterocycles. The smallest absolute Gasteiger partial charge is 0.259 e. The monoisotopic (exact) mass is 296 g/mol. The summed E-state index contributed by atoms with van der Waals surface area (Å²) in [6.45, 7) is 5.41. The predicted molar refractivity (Wildman–Crippen MR) is 89.2 cm³/mol. The van der Waals surface area contributed by atoms with E-state index >= 15 is 0 Å². The second kappa shape index (κ2) is 5.33. The molecule has 1 aliphatic rings. The van der Waals surface area contributed by atoms with E-state index in [1.165, 1.54) is 5.56 Å². The van der Waals surface area contributed by atoms with Gasteiger partial charge in [0.2, 0.25) is 0 Å². The number of nitrogens with two attached hydrogens (primary N) is 1. The van der Waals surface area contributed by atoms with Crippen LogP contribution in [0.5, 0.6) is 0 Å². The van der Waals surface area contributed by atoms with E-state index in [-0.39, 0.29) is 17.1 Å². The first-order valence-corrected chi connectivity index (χ1v) is 7.38. The number of benzene rings is 1. The van der Waals surface area contributed by atoms with Crippen molar-refractivity contribution in [1.29, 1.82) is 0 Å². The Morgan fingerprint density at radius 2 is 2.18 bits per heavy atom. The SMILES string of the molecule is CC1(C)CCNc2cc(NC(=O)c3cccnc3N)ccc21. The molecule has 0 spiro atoms. The van der Waals surface area contributed by atoms with Crippen molar-refractivity contribution in [3.05, 3.63) is 47.7 Å². The van der Waals surface area contributed by atoms with Crippen molar-refractivity contribution in [3.8, 4) is 0 Å². The van der Waals surface area contributed by atoms with Crippen molar-refractivity contribution in [2.24, 2.45) is 0 Å². The van der Waals surface area contributed by atoms with Gasteiger partial charge in [-0.3, -0.25) is 4.79 Å². The summed E-state index contributed by atoms with van der Waals surface area (Å²) in [7, 11) is 0. The highest BCUT2D eigenvalue weighted by molar-refractivity contribution is 6.07. The van der Waals surface area contributed by atoms with E-state index in [0.717, 1.165) is 24.3 Å². The van der Waals surface area contributed by atoms with E-state index in [2.05, 4.69) is 35.5 Å². The molecule has 0 saturated carbocycles. The Morgan fingerprint density at radius 3 is 2.95 bits per heavy atom. The lowest BCUT2D eigenvalue weighted by atomic mass is 9.78. The zero-order chi connectivity index (χ0) is 15.7. The van der Waals surface area contributed by atoms with Crippen LogP contribution in [-0.4, -0.2) is 17.4 Å². The van der Waals surface area contributed by atoms with Crippen molar-refractivity contribution >= 4 is 23.1 Å². The number of nitrogens with zero attached hydrogens (tertiary/aromatic N) is 1. The van der Waals surface area contributed by atoms with Crippen molar-refractivity contribution in [1.82, 2.24) is 4.98 Å². The molecule has 0 aliphatic carbocycles. The van der Waals surface area contributed by atoms with Crippen LogP contribution in [0.15, 0.2) is 36.5 Å². The number of amides is 1. The molecule has 2 heterocycles. The highest BCUT2D eigenvalue weighted by Gasteiger charge is 2.27. The summed E-state index contributed by atoms with van der Waals surface area (Å²) in [6, 6.07) is 9.34. The summed E-state index contributed by atoms with van der Waals surface area (Å²) in [5.41, 5.74) is 9.37. The quantitative estimate of drug-likeness (QED) is 0.796. The summed E-state index contributed by atoms with van der Waals surface area (Å²) in [4.78, 5) is 16.2. The number of fused-ring (bicyclic) bond motifs is 1. The molecule has 0 bridgehead atoms. The van der Waals surface area contributed by atoms with Gasteiger partial charge in [0.15, 0.2) is 0 Å². The van der Waals surface area contributed by atoms with E-state index in [1.807, 2.05) is 12.1 Å². The lowest BCUT2D eigenvalue weighted by molar-refractivity contribution is 0.102. The molecule has 114 valence electrons. The molecular formula is C17H20N4O. The van der Waals surface area contributed by atoms with Crippen LogP contribution in [-0.2, 0) is 5.41 Å². The first-order chi connectivity index (χ1) is 10.5. The fourth-order valence-electron chi connectivity index (χ4n) is 2.81. The van der Waals surface area contributed by atoms with Crippen molar-refractivity contribution in [2.45, 2.75) is 25.7 Å². The van der Waals surface area contributed by atoms with Gasteiger partial charge in [0.25, 0.3) is 5.91 Å². The Labute approximate surface area is 129 Å². The Hall–Kier alpha value is -2.56. The van der Waals surface area contributed by atoms with Gasteiger partial charge in [-0.05, 0) is 41.7 Å². The van der Waals surface area contributed by atoms with Crippen molar-refractivity contribution in [2.75, 3.05) is 22.9 Å². The molecule has 0 fully saturated rings. The zero-order valence-corrected chi connectivity index (χ0v) is 12.8. The molecule has 1 aromatic heterocycles. The lowest BCUT2D eigenvalue weighted by Crippen LogP contribution is -2.28. The number of hydrogen-bond acceptors (Lipinski definition) is 4. The van der Waals surface area contributed by atoms with Crippen LogP contribution in [0, 0.1) is 0 Å². The standard InChI is InChI=1S/C17H20N4O/c1-17(2)7-9-19-14-10-11(5-6-13(14)17)21-16(22)12-4-3-8-20-15(12)18/h3-6,8,10,19H,7,9H2,1-2H3,(H2,18,20)(H,21,22). The number of aromatic nitrogens is 1. The largest absolute Gasteiger partial charge is 0.385 e. The molecule has 5 nitrogen and oxygen atoms in total. The van der Waals surface area contributed by atoms with Crippen LogP contribution in [0.3, 0.4) is 0 Å². The van der Waals surface area contributed by atoms with Gasteiger partial charge in [0.05, 0.1) is 5.56 Å². The number of nitrogen functional groups attached to an aromatic ring is 1. The minimum absolute atomic E-state index is 0.150. The van der Waals surface area contributed by atoms with Crippen LogP contribution in [0.25, 0.3) is 0 Å². The summed E-state index contributed by atoms with van der Waals surface area (Å²) >= 11 is 0. The Morgan fingerprint density at radius 1 is 1.36 bits per heavy atom. The molecular weight excluding hydrogens is 276 g/mol. The summed E-state index contributed by atoms with van der Waals surface area (Å²) in [6.07, 6.45) is 2.66. The van der Waals surface area contributed by atoms with Gasteiger partial charge in [-0.15, -0.1) is 0 Å². The highest BCUT2D eigenvalue weighted by Crippen LogP contribution is 2.37. The first kappa shape index (κ1) is 14.4. The van der Waals surface area contributed by atoms with Crippen molar-refractivity contribution < 1.29 is 4.79 Å². The van der Waals surface area contributed by atoms with E-state index in [4.69, 9.17) is 5.73 Å². The Kier molecular flexibility index (Phi) is 3.48. The number of carbonyl (C=O) groups is 1. The minimum atomic E-state index is -0.249. The molecule has 1 aromatic carbocycles. The molecule has 3 rings (SSSR count). The van der Waals surface area contributed by atoms with Crippen molar-refractivity contribution in [3.63, 3.8) is 0 Å². The molecule has 0 radical (unpaired) electrons. The van der Waals surface area contributed by atoms with Gasteiger partial charge in [0, 0.05) is 24.1 Å². The normalized spacial score (nSPS) is 15.5. The third kappa shape index (κ3) is 2.62. The van der Waals surface area contributed by atoms with Crippen LogP contribution in [0.4, 0.5) is 17.2 Å². The second-order valence-corrected chi connectivity index (χ2v) is 6.21. The summed E-state index contributed by atoms with van der Waals surface area (Å²) in [5, 5.41) is 6.27. The maximum absolute atomic E-state index is 12.3. The Bertz CT molecular complexity index is 724. The fraction of sp³-hybridized carbons (Fsp3) is 0.294. The molecule has 0 saturated heterocycles. The predicted octanol–water partition coefficient (Wildman–Crippen LogP) is 3.01. The lowest BCUT2D eigenvalue weighted by Gasteiger charge is -2.33. The third-order valence-corrected chi connectivity index (χ3v) is 4.16. The molecule has 0 atom stereocenters. The molecule has 0 unspecified atom stereocenters. The molecule has 4 N–H and O–H groups in total. The first-order valence-electron chi connectivity index (χ1n) is 7.38. The van der Waals surface area contributed by atoms with Gasteiger partial charge < -0.3 is 16.4 Å². The van der Waals surface area contributed by atoms with Gasteiger partial charge >= 0.3 is 0 Å². The summed E-state index contributed by atoms with van der Waals surface area (Å²) in [5.74, 6) is -0.0159. The summed E-state index contributed by atoms with van der Waals surface area (Å²) < 4.78 is 0. The average Bonchev–Trinajstić information content (AvgIpc) is 2.47. The van der Waals surface area contributed by atoms with Crippen LogP contribution in [0.1, 0.15) is 36.2 Å². The van der Waals surface area contributed by atoms with Crippen LogP contribution in [0.2, 0.25) is 0 Å². The van der Waals surface area contributed by atoms with E-state index in [1.54, 1.807) is 18.3 Å². The zero-order valence-electron chi connectivity index (χ0n) is 12.8. The number of carbonyl (C=O) groups excluding carboxylic acids is 1. The third-order valence-electron chi connectivity index (χ3n) is 4.16. The number of anilines is 3. The van der Waals surface area contributed by atoms with E-state index < -0.39 is 0 Å². The second-order valence-electron chi connectivity index (χ2n) is 6.21. The molecule has 22 heavy (non-hydrogen) atoms. The van der Waals surface area contributed by atoms with E-state index in [9.17, 15) is 4.79 Å². The maximum atomic E-state index is 12.3. The van der Waals surface area contributed by atoms with E-state index in [0.29, 0.717) is 5.56 Å². The highest BCUT2D eigenvalue weighted by atomic mass is 16.1. The topological polar surface area (TPSA) is 80.0 Å².